The molecule has 1 aromatic rings. The van der Waals surface area contributed by atoms with Crippen molar-refractivity contribution in [2.24, 2.45) is 0 Å². The molecular weight excluding hydrogens is 286 g/mol. The molecular formula is C17H30ClNO2. The molecule has 0 heterocycles. The van der Waals surface area contributed by atoms with Crippen LogP contribution in [0.3, 0.4) is 0 Å². The highest BCUT2D eigenvalue weighted by Gasteiger charge is 2.06. The van der Waals surface area contributed by atoms with Crippen LogP contribution in [-0.4, -0.2) is 34.7 Å². The number of phenols is 2. The molecule has 0 radical (unpaired) electrons. The first kappa shape index (κ1) is 20.1. The predicted octanol–water partition coefficient (Wildman–Crippen LogP) is 4.35. The highest BCUT2D eigenvalue weighted by Crippen LogP contribution is 2.25. The van der Waals surface area contributed by atoms with Crippen molar-refractivity contribution in [2.45, 2.75) is 52.4 Å². The summed E-state index contributed by atoms with van der Waals surface area (Å²) in [5, 5.41) is 18.8. The second-order valence-electron chi connectivity index (χ2n) is 5.48. The van der Waals surface area contributed by atoms with Crippen molar-refractivity contribution in [3.63, 3.8) is 0 Å². The molecule has 0 saturated carbocycles. The van der Waals surface area contributed by atoms with Crippen LogP contribution in [-0.2, 0) is 6.42 Å². The van der Waals surface area contributed by atoms with Crippen molar-refractivity contribution >= 4 is 12.4 Å². The quantitative estimate of drug-likeness (QED) is 0.498. The number of rotatable bonds is 10. The van der Waals surface area contributed by atoms with Crippen molar-refractivity contribution in [3.05, 3.63) is 23.8 Å². The molecule has 0 amide bonds. The van der Waals surface area contributed by atoms with Gasteiger partial charge in [-0.3, -0.25) is 0 Å². The average Bonchev–Trinajstić information content (AvgIpc) is 2.45. The zero-order chi connectivity index (χ0) is 14.8. The minimum absolute atomic E-state index is 0. The molecule has 0 bridgehead atoms. The zero-order valence-electron chi connectivity index (χ0n) is 13.3. The fourth-order valence-corrected chi connectivity index (χ4v) is 2.31. The van der Waals surface area contributed by atoms with Crippen LogP contribution in [0.4, 0.5) is 0 Å². The molecule has 1 rings (SSSR count). The van der Waals surface area contributed by atoms with Gasteiger partial charge in [0.05, 0.1) is 0 Å². The average molecular weight is 316 g/mol. The minimum atomic E-state index is -0.0421. The lowest BCUT2D eigenvalue weighted by Crippen LogP contribution is -2.28. The molecule has 1 aromatic carbocycles. The molecule has 0 atom stereocenters. The number of nitrogens with zero attached hydrogens (tertiary/aromatic N) is 1. The van der Waals surface area contributed by atoms with E-state index in [0.717, 1.165) is 31.6 Å². The summed E-state index contributed by atoms with van der Waals surface area (Å²) < 4.78 is 0. The molecule has 0 aliphatic rings. The van der Waals surface area contributed by atoms with Crippen LogP contribution in [0, 0.1) is 0 Å². The Hall–Kier alpha value is -0.930. The third-order valence-corrected chi connectivity index (χ3v) is 3.66. The van der Waals surface area contributed by atoms with Gasteiger partial charge in [-0.15, -0.1) is 12.4 Å². The second kappa shape index (κ2) is 11.7. The summed E-state index contributed by atoms with van der Waals surface area (Å²) in [5.41, 5.74) is 1.08. The lowest BCUT2D eigenvalue weighted by atomic mass is 10.1. The van der Waals surface area contributed by atoms with E-state index in [0.29, 0.717) is 0 Å². The van der Waals surface area contributed by atoms with Crippen LogP contribution in [0.25, 0.3) is 0 Å². The fourth-order valence-electron chi connectivity index (χ4n) is 2.31. The van der Waals surface area contributed by atoms with Gasteiger partial charge >= 0.3 is 0 Å². The minimum Gasteiger partial charge on any atom is -0.504 e. The summed E-state index contributed by atoms with van der Waals surface area (Å²) in [6, 6.07) is 5.12. The molecule has 0 spiro atoms. The van der Waals surface area contributed by atoms with E-state index in [1.165, 1.54) is 32.1 Å². The number of benzene rings is 1. The predicted molar refractivity (Wildman–Crippen MR) is 91.6 cm³/mol. The summed E-state index contributed by atoms with van der Waals surface area (Å²) in [7, 11) is 0. The van der Waals surface area contributed by atoms with E-state index < -0.39 is 0 Å². The molecule has 0 aromatic heterocycles. The normalized spacial score (nSPS) is 10.6. The van der Waals surface area contributed by atoms with Crippen molar-refractivity contribution in [2.75, 3.05) is 19.6 Å². The van der Waals surface area contributed by atoms with Crippen molar-refractivity contribution in [3.8, 4) is 11.5 Å². The smallest absolute Gasteiger partial charge is 0.157 e. The molecule has 122 valence electrons. The fraction of sp³-hybridized carbons (Fsp3) is 0.647. The maximum absolute atomic E-state index is 9.52. The highest BCUT2D eigenvalue weighted by atomic mass is 35.5. The van der Waals surface area contributed by atoms with Gasteiger partial charge in [-0.05, 0) is 50.0 Å². The van der Waals surface area contributed by atoms with Gasteiger partial charge < -0.3 is 15.1 Å². The Balaban J connectivity index is 0.00000400. The van der Waals surface area contributed by atoms with E-state index in [-0.39, 0.29) is 23.9 Å². The van der Waals surface area contributed by atoms with Gasteiger partial charge in [0.2, 0.25) is 0 Å². The summed E-state index contributed by atoms with van der Waals surface area (Å²) in [4.78, 5) is 2.52. The summed E-state index contributed by atoms with van der Waals surface area (Å²) in [6.45, 7) is 7.80. The third kappa shape index (κ3) is 8.18. The summed E-state index contributed by atoms with van der Waals surface area (Å²) in [6.07, 6.45) is 7.21. The van der Waals surface area contributed by atoms with Gasteiger partial charge in [0.1, 0.15) is 0 Å². The molecule has 0 saturated heterocycles. The highest BCUT2D eigenvalue weighted by molar-refractivity contribution is 5.85. The Morgan fingerprint density at radius 1 is 0.857 bits per heavy atom. The number of hydrogen-bond donors (Lipinski definition) is 2. The molecule has 2 N–H and O–H groups in total. The number of phenolic OH excluding ortho intramolecular Hbond substituents is 2. The number of hydrogen-bond acceptors (Lipinski definition) is 3. The lowest BCUT2D eigenvalue weighted by molar-refractivity contribution is 0.266. The Morgan fingerprint density at radius 2 is 1.52 bits per heavy atom. The summed E-state index contributed by atoms with van der Waals surface area (Å²) >= 11 is 0. The number of halogens is 1. The van der Waals surface area contributed by atoms with Crippen molar-refractivity contribution in [1.82, 2.24) is 4.90 Å². The van der Waals surface area contributed by atoms with Gasteiger partial charge in [0, 0.05) is 6.54 Å². The van der Waals surface area contributed by atoms with Crippen LogP contribution in [0.5, 0.6) is 11.5 Å². The molecule has 0 aliphatic carbocycles. The molecule has 3 nitrogen and oxygen atoms in total. The second-order valence-corrected chi connectivity index (χ2v) is 5.48. The standard InChI is InChI=1S/C17H29NO2.ClH/c1-3-5-7-12-18(11-6-4-2)13-10-15-8-9-16(19)17(20)14-15;/h8-9,14,19-20H,3-7,10-13H2,1-2H3;1H. The third-order valence-electron chi connectivity index (χ3n) is 3.66. The molecule has 0 aliphatic heterocycles. The first-order valence-electron chi connectivity index (χ1n) is 7.90. The van der Waals surface area contributed by atoms with Crippen LogP contribution in [0.15, 0.2) is 18.2 Å². The SMILES string of the molecule is CCCCCN(CCCC)CCc1ccc(O)c(O)c1.Cl. The first-order valence-corrected chi connectivity index (χ1v) is 7.90. The van der Waals surface area contributed by atoms with Crippen LogP contribution in [0.1, 0.15) is 51.5 Å². The lowest BCUT2D eigenvalue weighted by Gasteiger charge is -2.22. The Labute approximate surface area is 135 Å². The van der Waals surface area contributed by atoms with E-state index in [4.69, 9.17) is 0 Å². The number of unbranched alkanes of at least 4 members (excludes halogenated alkanes) is 3. The number of aromatic hydroxyl groups is 2. The van der Waals surface area contributed by atoms with Gasteiger partial charge in [-0.25, -0.2) is 0 Å². The van der Waals surface area contributed by atoms with Gasteiger partial charge in [-0.1, -0.05) is 39.2 Å². The van der Waals surface area contributed by atoms with Crippen LogP contribution >= 0.6 is 12.4 Å². The Morgan fingerprint density at radius 3 is 2.14 bits per heavy atom. The topological polar surface area (TPSA) is 43.7 Å². The van der Waals surface area contributed by atoms with Gasteiger partial charge in [-0.2, -0.15) is 0 Å². The molecule has 0 fully saturated rings. The maximum atomic E-state index is 9.52. The van der Waals surface area contributed by atoms with E-state index in [1.807, 2.05) is 6.07 Å². The largest absolute Gasteiger partial charge is 0.504 e. The van der Waals surface area contributed by atoms with Gasteiger partial charge in [0.15, 0.2) is 11.5 Å². The maximum Gasteiger partial charge on any atom is 0.157 e. The Bertz CT molecular complexity index is 385. The first-order chi connectivity index (χ1) is 9.67. The zero-order valence-corrected chi connectivity index (χ0v) is 14.2. The Kier molecular flexibility index (Phi) is 11.2. The summed E-state index contributed by atoms with van der Waals surface area (Å²) in [5.74, 6) is -0.0619. The van der Waals surface area contributed by atoms with E-state index in [1.54, 1.807) is 12.1 Å². The van der Waals surface area contributed by atoms with Crippen LogP contribution in [0.2, 0.25) is 0 Å². The van der Waals surface area contributed by atoms with Crippen molar-refractivity contribution < 1.29 is 10.2 Å². The molecule has 4 heteroatoms. The molecule has 0 unspecified atom stereocenters. The van der Waals surface area contributed by atoms with Crippen LogP contribution < -0.4 is 0 Å². The van der Waals surface area contributed by atoms with Gasteiger partial charge in [0.25, 0.3) is 0 Å². The van der Waals surface area contributed by atoms with E-state index in [2.05, 4.69) is 18.7 Å². The van der Waals surface area contributed by atoms with Crippen molar-refractivity contribution in [1.29, 1.82) is 0 Å². The van der Waals surface area contributed by atoms with E-state index in [9.17, 15) is 10.2 Å². The molecule has 21 heavy (non-hydrogen) atoms. The van der Waals surface area contributed by atoms with E-state index >= 15 is 0 Å². The monoisotopic (exact) mass is 315 g/mol.